The van der Waals surface area contributed by atoms with Crippen LogP contribution in [-0.2, 0) is 33.4 Å². The predicted octanol–water partition coefficient (Wildman–Crippen LogP) is 12.2. The molecule has 0 bridgehead atoms. The third-order valence-corrected chi connectivity index (χ3v) is 12.0. The van der Waals surface area contributed by atoms with E-state index in [1.54, 1.807) is 14.1 Å². The van der Waals surface area contributed by atoms with E-state index in [1.165, 1.54) is 86.8 Å². The van der Waals surface area contributed by atoms with Crippen LogP contribution in [-0.4, -0.2) is 84.5 Å². The standard InChI is InChI=1S/C49H92N2O8/c1-7-11-15-19-21-27-34-42(33-25-17-13-9-3)46(53)50(5)41-45(52)58-39-31-23-29-37-44(51(6)47(54)48(55)56)38-30-24-32-40-59-49(57)43(35-26-18-14-10-4)36-28-22-20-16-12-8-2/h42-44H,7-41H2,1-6H3,(H,55,56). The van der Waals surface area contributed by atoms with Gasteiger partial charge in [-0.2, -0.15) is 0 Å². The Hall–Kier alpha value is -2.65. The van der Waals surface area contributed by atoms with Gasteiger partial charge in [0.15, 0.2) is 0 Å². The van der Waals surface area contributed by atoms with Gasteiger partial charge in [0.1, 0.15) is 6.54 Å². The molecule has 0 spiro atoms. The van der Waals surface area contributed by atoms with Gasteiger partial charge in [0.2, 0.25) is 5.91 Å². The molecule has 3 unspecified atom stereocenters. The van der Waals surface area contributed by atoms with Crippen LogP contribution in [0.15, 0.2) is 0 Å². The Morgan fingerprint density at radius 2 is 0.814 bits per heavy atom. The zero-order chi connectivity index (χ0) is 43.9. The minimum atomic E-state index is -1.46. The molecule has 0 aliphatic heterocycles. The van der Waals surface area contributed by atoms with E-state index in [0.717, 1.165) is 109 Å². The molecule has 1 N–H and O–H groups in total. The van der Waals surface area contributed by atoms with Gasteiger partial charge in [0, 0.05) is 26.1 Å². The van der Waals surface area contributed by atoms with E-state index in [1.807, 2.05) is 0 Å². The molecule has 0 aliphatic rings. The van der Waals surface area contributed by atoms with E-state index in [4.69, 9.17) is 9.47 Å². The van der Waals surface area contributed by atoms with E-state index >= 15 is 0 Å². The van der Waals surface area contributed by atoms with Gasteiger partial charge < -0.3 is 24.4 Å². The van der Waals surface area contributed by atoms with Gasteiger partial charge in [-0.1, -0.05) is 169 Å². The summed E-state index contributed by atoms with van der Waals surface area (Å²) in [5.41, 5.74) is 0. The number of carboxylic acid groups (broad SMARTS) is 1. The zero-order valence-corrected chi connectivity index (χ0v) is 39.2. The summed E-state index contributed by atoms with van der Waals surface area (Å²) in [6.45, 7) is 9.41. The van der Waals surface area contributed by atoms with E-state index in [0.29, 0.717) is 25.9 Å². The topological polar surface area (TPSA) is 131 Å². The first-order chi connectivity index (χ1) is 28.5. The number of ether oxygens (including phenoxy) is 2. The van der Waals surface area contributed by atoms with E-state index in [-0.39, 0.29) is 42.9 Å². The van der Waals surface area contributed by atoms with Crippen LogP contribution in [0.4, 0.5) is 0 Å². The summed E-state index contributed by atoms with van der Waals surface area (Å²) in [6.07, 6.45) is 32.9. The Morgan fingerprint density at radius 1 is 0.458 bits per heavy atom. The van der Waals surface area contributed by atoms with E-state index < -0.39 is 17.8 Å². The van der Waals surface area contributed by atoms with Crippen LogP contribution in [0, 0.1) is 11.8 Å². The number of carboxylic acids is 1. The van der Waals surface area contributed by atoms with Crippen molar-refractivity contribution in [3.05, 3.63) is 0 Å². The molecule has 10 nitrogen and oxygen atoms in total. The van der Waals surface area contributed by atoms with Gasteiger partial charge in [-0.25, -0.2) is 4.79 Å². The summed E-state index contributed by atoms with van der Waals surface area (Å²) in [5, 5.41) is 9.36. The van der Waals surface area contributed by atoms with Gasteiger partial charge in [-0.15, -0.1) is 0 Å². The Kier molecular flexibility index (Phi) is 37.7. The number of carbonyl (C=O) groups is 5. The maximum Gasteiger partial charge on any atom is 0.394 e. The van der Waals surface area contributed by atoms with Crippen LogP contribution in [0.3, 0.4) is 0 Å². The van der Waals surface area contributed by atoms with Crippen molar-refractivity contribution in [3.63, 3.8) is 0 Å². The summed E-state index contributed by atoms with van der Waals surface area (Å²) in [4.78, 5) is 65.8. The minimum Gasteiger partial charge on any atom is -0.474 e. The molecule has 0 fully saturated rings. The number of rotatable bonds is 41. The van der Waals surface area contributed by atoms with Crippen LogP contribution >= 0.6 is 0 Å². The van der Waals surface area contributed by atoms with Crippen LogP contribution in [0.5, 0.6) is 0 Å². The lowest BCUT2D eigenvalue weighted by atomic mass is 9.93. The summed E-state index contributed by atoms with van der Waals surface area (Å²) in [5.74, 6) is -2.87. The van der Waals surface area contributed by atoms with Crippen molar-refractivity contribution in [1.29, 1.82) is 0 Å². The average molecular weight is 837 g/mol. The second-order valence-corrected chi connectivity index (χ2v) is 17.4. The summed E-state index contributed by atoms with van der Waals surface area (Å²) in [6, 6.07) is -0.223. The number of carbonyl (C=O) groups excluding carboxylic acids is 4. The first-order valence-corrected chi connectivity index (χ1v) is 24.6. The molecule has 0 radical (unpaired) electrons. The lowest BCUT2D eigenvalue weighted by Gasteiger charge is -2.27. The first-order valence-electron chi connectivity index (χ1n) is 24.6. The number of likely N-dealkylation sites (N-methyl/N-ethyl adjacent to an activating group) is 2. The Balaban J connectivity index is 4.75. The molecule has 0 saturated carbocycles. The number of aliphatic carboxylic acids is 1. The van der Waals surface area contributed by atoms with Crippen LogP contribution in [0.25, 0.3) is 0 Å². The summed E-state index contributed by atoms with van der Waals surface area (Å²) < 4.78 is 11.3. The monoisotopic (exact) mass is 837 g/mol. The van der Waals surface area contributed by atoms with Crippen molar-refractivity contribution in [2.24, 2.45) is 11.8 Å². The normalized spacial score (nSPS) is 12.8. The quantitative estimate of drug-likeness (QED) is 0.0366. The molecular weight excluding hydrogens is 745 g/mol. The smallest absolute Gasteiger partial charge is 0.394 e. The highest BCUT2D eigenvalue weighted by atomic mass is 16.5. The van der Waals surface area contributed by atoms with Gasteiger partial charge in [0.05, 0.1) is 19.1 Å². The fourth-order valence-electron chi connectivity index (χ4n) is 8.02. The third-order valence-electron chi connectivity index (χ3n) is 12.0. The average Bonchev–Trinajstić information content (AvgIpc) is 3.22. The van der Waals surface area contributed by atoms with E-state index in [2.05, 4.69) is 27.7 Å². The minimum absolute atomic E-state index is 0.0191. The highest BCUT2D eigenvalue weighted by Crippen LogP contribution is 2.23. The van der Waals surface area contributed by atoms with Crippen LogP contribution < -0.4 is 0 Å². The maximum absolute atomic E-state index is 13.4. The number of hydrogen-bond acceptors (Lipinski definition) is 7. The predicted molar refractivity (Wildman–Crippen MR) is 241 cm³/mol. The van der Waals surface area contributed by atoms with Crippen molar-refractivity contribution >= 4 is 29.7 Å². The fourth-order valence-corrected chi connectivity index (χ4v) is 8.02. The van der Waals surface area contributed by atoms with Crippen molar-refractivity contribution in [2.75, 3.05) is 33.9 Å². The molecule has 0 aromatic rings. The molecule has 0 aromatic heterocycles. The van der Waals surface area contributed by atoms with Crippen molar-refractivity contribution in [2.45, 2.75) is 239 Å². The van der Waals surface area contributed by atoms with Crippen molar-refractivity contribution < 1.29 is 38.6 Å². The number of amides is 2. The van der Waals surface area contributed by atoms with Crippen LogP contribution in [0.1, 0.15) is 233 Å². The maximum atomic E-state index is 13.4. The molecule has 0 aliphatic carbocycles. The molecular formula is C49H92N2O8. The third kappa shape index (κ3) is 30.9. The number of hydrogen-bond donors (Lipinski definition) is 1. The van der Waals surface area contributed by atoms with Gasteiger partial charge in [-0.05, 0) is 64.2 Å². The number of nitrogens with zero attached hydrogens (tertiary/aromatic N) is 2. The molecule has 0 rings (SSSR count). The molecule has 10 heteroatoms. The Bertz CT molecular complexity index is 1070. The van der Waals surface area contributed by atoms with Gasteiger partial charge >= 0.3 is 23.8 Å². The fraction of sp³-hybridized carbons (Fsp3) is 0.898. The molecule has 346 valence electrons. The molecule has 59 heavy (non-hydrogen) atoms. The zero-order valence-electron chi connectivity index (χ0n) is 39.2. The Labute approximate surface area is 362 Å². The second-order valence-electron chi connectivity index (χ2n) is 17.4. The van der Waals surface area contributed by atoms with Gasteiger partial charge in [0.25, 0.3) is 0 Å². The molecule has 3 atom stereocenters. The summed E-state index contributed by atoms with van der Waals surface area (Å²) in [7, 11) is 3.26. The van der Waals surface area contributed by atoms with Gasteiger partial charge in [-0.3, -0.25) is 19.2 Å². The Morgan fingerprint density at radius 3 is 1.25 bits per heavy atom. The SMILES string of the molecule is CCCCCCCCC(CCCCCC)C(=O)OCCCCCC(CCCCCOC(=O)CN(C)C(=O)C(CCCCCC)CCCCCCCC)N(C)C(=O)C(=O)O. The second kappa shape index (κ2) is 39.5. The highest BCUT2D eigenvalue weighted by Gasteiger charge is 2.26. The largest absolute Gasteiger partial charge is 0.474 e. The molecule has 0 heterocycles. The first kappa shape index (κ1) is 56.4. The lowest BCUT2D eigenvalue weighted by Crippen LogP contribution is -2.41. The lowest BCUT2D eigenvalue weighted by molar-refractivity contribution is -0.156. The summed E-state index contributed by atoms with van der Waals surface area (Å²) >= 11 is 0. The van der Waals surface area contributed by atoms with E-state index in [9.17, 15) is 29.1 Å². The molecule has 0 aromatic carbocycles. The molecule has 2 amide bonds. The number of esters is 2. The van der Waals surface area contributed by atoms with Crippen molar-refractivity contribution in [3.8, 4) is 0 Å². The van der Waals surface area contributed by atoms with Crippen molar-refractivity contribution in [1.82, 2.24) is 9.80 Å². The number of unbranched alkanes of at least 4 members (excludes halogenated alkanes) is 20. The van der Waals surface area contributed by atoms with Crippen LogP contribution in [0.2, 0.25) is 0 Å². The highest BCUT2D eigenvalue weighted by molar-refractivity contribution is 6.31. The molecule has 0 saturated heterocycles.